The summed E-state index contributed by atoms with van der Waals surface area (Å²) in [5, 5.41) is 3.15. The highest BCUT2D eigenvalue weighted by Crippen LogP contribution is 2.37. The monoisotopic (exact) mass is 523 g/mol. The van der Waals surface area contributed by atoms with Gasteiger partial charge in [0.15, 0.2) is 5.13 Å². The number of nitrogens with zero attached hydrogens (tertiary/aromatic N) is 2. The molecule has 34 heavy (non-hydrogen) atoms. The Bertz CT molecular complexity index is 1310. The van der Waals surface area contributed by atoms with Gasteiger partial charge < -0.3 is 9.47 Å². The molecule has 2 aromatic heterocycles. The molecule has 0 radical (unpaired) electrons. The van der Waals surface area contributed by atoms with Gasteiger partial charge in [-0.2, -0.15) is 4.31 Å². The first-order valence-corrected chi connectivity index (χ1v) is 13.8. The molecule has 1 unspecified atom stereocenters. The molecule has 1 saturated heterocycles. The van der Waals surface area contributed by atoms with Gasteiger partial charge in [0.2, 0.25) is 10.0 Å². The van der Waals surface area contributed by atoms with Crippen molar-refractivity contribution in [3.05, 3.63) is 40.3 Å². The van der Waals surface area contributed by atoms with Crippen LogP contribution >= 0.6 is 22.7 Å². The van der Waals surface area contributed by atoms with Crippen LogP contribution < -0.4 is 5.32 Å². The lowest BCUT2D eigenvalue weighted by Gasteiger charge is -2.20. The maximum absolute atomic E-state index is 12.8. The number of benzene rings is 1. The molecule has 0 spiro atoms. The summed E-state index contributed by atoms with van der Waals surface area (Å²) in [5.74, 6) is -0.779. The minimum Gasteiger partial charge on any atom is -0.462 e. The molecule has 1 aliphatic heterocycles. The van der Waals surface area contributed by atoms with Gasteiger partial charge in [0, 0.05) is 25.8 Å². The summed E-state index contributed by atoms with van der Waals surface area (Å²) in [6.07, 6.45) is 1.69. The van der Waals surface area contributed by atoms with Crippen molar-refractivity contribution >= 4 is 59.2 Å². The van der Waals surface area contributed by atoms with Crippen LogP contribution in [-0.2, 0) is 19.5 Å². The van der Waals surface area contributed by atoms with Crippen LogP contribution in [0, 0.1) is 6.92 Å². The number of thiophene rings is 1. The maximum Gasteiger partial charge on any atom is 0.348 e. The normalized spacial score (nSPS) is 16.3. The highest BCUT2D eigenvalue weighted by Gasteiger charge is 2.26. The number of aromatic nitrogens is 1. The van der Waals surface area contributed by atoms with E-state index in [9.17, 15) is 18.0 Å². The Kier molecular flexibility index (Phi) is 7.33. The molecular weight excluding hydrogens is 498 g/mol. The van der Waals surface area contributed by atoms with E-state index in [0.29, 0.717) is 40.2 Å². The number of amides is 1. The second-order valence-electron chi connectivity index (χ2n) is 7.83. The zero-order valence-electron chi connectivity index (χ0n) is 19.0. The van der Waals surface area contributed by atoms with E-state index < -0.39 is 15.9 Å². The Balaban J connectivity index is 1.44. The zero-order valence-corrected chi connectivity index (χ0v) is 21.4. The van der Waals surface area contributed by atoms with E-state index in [-0.39, 0.29) is 17.0 Å². The number of likely N-dealkylation sites (N-methyl/N-ethyl adjacent to an activating group) is 1. The van der Waals surface area contributed by atoms with Gasteiger partial charge in [-0.15, -0.1) is 11.3 Å². The third-order valence-electron chi connectivity index (χ3n) is 5.47. The average molecular weight is 524 g/mol. The van der Waals surface area contributed by atoms with E-state index in [4.69, 9.17) is 9.47 Å². The van der Waals surface area contributed by atoms with Crippen molar-refractivity contribution in [2.24, 2.45) is 0 Å². The number of carbonyl (C=O) groups is 2. The van der Waals surface area contributed by atoms with Crippen molar-refractivity contribution in [1.29, 1.82) is 0 Å². The summed E-state index contributed by atoms with van der Waals surface area (Å²) in [6.45, 7) is 4.82. The number of ether oxygens (including phenoxy) is 2. The second-order valence-corrected chi connectivity index (χ2v) is 11.9. The van der Waals surface area contributed by atoms with Gasteiger partial charge in [-0.25, -0.2) is 18.2 Å². The Labute approximate surface area is 205 Å². The minimum absolute atomic E-state index is 0.0882. The summed E-state index contributed by atoms with van der Waals surface area (Å²) >= 11 is 2.50. The molecule has 3 aromatic rings. The summed E-state index contributed by atoms with van der Waals surface area (Å²) in [7, 11) is -2.15. The summed E-state index contributed by atoms with van der Waals surface area (Å²) in [5.41, 5.74) is 1.08. The molecule has 3 heterocycles. The topological polar surface area (TPSA) is 115 Å². The lowest BCUT2D eigenvalue weighted by atomic mass is 10.2. The molecule has 1 aliphatic rings. The Morgan fingerprint density at radius 2 is 2.00 bits per heavy atom. The fourth-order valence-corrected chi connectivity index (χ4v) is 7.04. The highest BCUT2D eigenvalue weighted by atomic mass is 32.2. The van der Waals surface area contributed by atoms with E-state index >= 15 is 0 Å². The van der Waals surface area contributed by atoms with Gasteiger partial charge in [-0.3, -0.25) is 10.1 Å². The van der Waals surface area contributed by atoms with E-state index in [1.54, 1.807) is 6.92 Å². The van der Waals surface area contributed by atoms with E-state index in [1.165, 1.54) is 58.3 Å². The minimum atomic E-state index is -3.68. The lowest BCUT2D eigenvalue weighted by Crippen LogP contribution is -2.34. The van der Waals surface area contributed by atoms with Crippen LogP contribution in [-0.4, -0.2) is 62.5 Å². The first kappa shape index (κ1) is 24.7. The third kappa shape index (κ3) is 5.01. The largest absolute Gasteiger partial charge is 0.462 e. The van der Waals surface area contributed by atoms with Crippen molar-refractivity contribution in [2.75, 3.05) is 32.1 Å². The van der Waals surface area contributed by atoms with Crippen molar-refractivity contribution in [2.45, 2.75) is 37.7 Å². The molecule has 1 fully saturated rings. The van der Waals surface area contributed by atoms with Gasteiger partial charge in [0.05, 0.1) is 22.3 Å². The number of esters is 1. The fraction of sp³-hybridized carbons (Fsp3) is 0.409. The Hall–Kier alpha value is -2.38. The number of carbonyl (C=O) groups excluding carboxylic acids is 2. The van der Waals surface area contributed by atoms with Crippen LogP contribution in [0.15, 0.2) is 29.2 Å². The SMILES string of the molecule is CCOC(=O)c1sc2nc(NC(=O)c3ccc(S(=O)(=O)N(C)CC4CCCO4)cc3)sc2c1C. The molecule has 182 valence electrons. The van der Waals surface area contributed by atoms with Crippen LogP contribution in [0.25, 0.3) is 9.53 Å². The highest BCUT2D eigenvalue weighted by molar-refractivity contribution is 7.89. The molecule has 0 aliphatic carbocycles. The number of aryl methyl sites for hydroxylation is 1. The van der Waals surface area contributed by atoms with Gasteiger partial charge >= 0.3 is 5.97 Å². The standard InChI is InChI=1S/C22H25N3O6S3/c1-4-30-21(27)18-13(2)17-20(32-18)24-22(33-17)23-19(26)14-7-9-16(10-8-14)34(28,29)25(3)12-15-6-5-11-31-15/h7-10,15H,4-6,11-12H2,1-3H3,(H,23,24,26). The van der Waals surface area contributed by atoms with Crippen LogP contribution in [0.4, 0.5) is 5.13 Å². The predicted molar refractivity (Wildman–Crippen MR) is 131 cm³/mol. The van der Waals surface area contributed by atoms with Gasteiger partial charge in [0.1, 0.15) is 9.71 Å². The zero-order chi connectivity index (χ0) is 24.5. The van der Waals surface area contributed by atoms with Gasteiger partial charge in [-0.1, -0.05) is 11.3 Å². The average Bonchev–Trinajstić information content (AvgIpc) is 3.52. The molecule has 1 aromatic carbocycles. The van der Waals surface area contributed by atoms with E-state index in [2.05, 4.69) is 10.3 Å². The number of hydrogen-bond acceptors (Lipinski definition) is 9. The van der Waals surface area contributed by atoms with Crippen LogP contribution in [0.1, 0.15) is 45.4 Å². The number of hydrogen-bond donors (Lipinski definition) is 1. The number of sulfonamides is 1. The molecule has 4 rings (SSSR count). The predicted octanol–water partition coefficient (Wildman–Crippen LogP) is 3.89. The summed E-state index contributed by atoms with van der Waals surface area (Å²) in [4.78, 5) is 30.4. The third-order valence-corrected chi connectivity index (χ3v) is 9.69. The molecule has 1 amide bonds. The van der Waals surface area contributed by atoms with Crippen molar-refractivity contribution < 1.29 is 27.5 Å². The molecular formula is C22H25N3O6S3. The van der Waals surface area contributed by atoms with Crippen LogP contribution in [0.2, 0.25) is 0 Å². The van der Waals surface area contributed by atoms with Gasteiger partial charge in [-0.05, 0) is 56.5 Å². The smallest absolute Gasteiger partial charge is 0.348 e. The maximum atomic E-state index is 12.8. The fourth-order valence-electron chi connectivity index (χ4n) is 3.63. The second kappa shape index (κ2) is 10.1. The first-order valence-electron chi connectivity index (χ1n) is 10.8. The Morgan fingerprint density at radius 3 is 2.62 bits per heavy atom. The van der Waals surface area contributed by atoms with Crippen molar-refractivity contribution in [1.82, 2.24) is 9.29 Å². The number of thiazole rings is 1. The van der Waals surface area contributed by atoms with E-state index in [0.717, 1.165) is 23.1 Å². The number of rotatable bonds is 8. The molecule has 9 nitrogen and oxygen atoms in total. The summed E-state index contributed by atoms with van der Waals surface area (Å²) in [6, 6.07) is 5.79. The van der Waals surface area contributed by atoms with E-state index in [1.807, 2.05) is 6.92 Å². The van der Waals surface area contributed by atoms with Gasteiger partial charge in [0.25, 0.3) is 5.91 Å². The molecule has 0 saturated carbocycles. The quantitative estimate of drug-likeness (QED) is 0.445. The lowest BCUT2D eigenvalue weighted by molar-refractivity contribution is 0.0531. The van der Waals surface area contributed by atoms with Crippen LogP contribution in [0.5, 0.6) is 0 Å². The number of fused-ring (bicyclic) bond motifs is 1. The Morgan fingerprint density at radius 1 is 1.26 bits per heavy atom. The van der Waals surface area contributed by atoms with Crippen molar-refractivity contribution in [3.63, 3.8) is 0 Å². The molecule has 1 N–H and O–H groups in total. The molecule has 1 atom stereocenters. The molecule has 0 bridgehead atoms. The van der Waals surface area contributed by atoms with Crippen molar-refractivity contribution in [3.8, 4) is 0 Å². The first-order chi connectivity index (χ1) is 16.2. The summed E-state index contributed by atoms with van der Waals surface area (Å²) < 4.78 is 38.4. The molecule has 12 heteroatoms. The number of nitrogens with one attached hydrogen (secondary N) is 1. The number of anilines is 1. The van der Waals surface area contributed by atoms with Crippen LogP contribution in [0.3, 0.4) is 0 Å².